The molecule has 0 aromatic carbocycles. The molecule has 0 aliphatic carbocycles. The summed E-state index contributed by atoms with van der Waals surface area (Å²) in [5.74, 6) is -0.523. The predicted molar refractivity (Wildman–Crippen MR) is 86.6 cm³/mol. The molecule has 6 nitrogen and oxygen atoms in total. The zero-order chi connectivity index (χ0) is 16.7. The van der Waals surface area contributed by atoms with Gasteiger partial charge in [0.2, 0.25) is 0 Å². The molecule has 0 radical (unpaired) electrons. The maximum atomic E-state index is 12.4. The van der Waals surface area contributed by atoms with Crippen molar-refractivity contribution in [1.82, 2.24) is 4.98 Å². The Labute approximate surface area is 136 Å². The molecule has 1 aromatic heterocycles. The van der Waals surface area contributed by atoms with Gasteiger partial charge in [-0.3, -0.25) is 4.79 Å². The Hall–Kier alpha value is -1.95. The summed E-state index contributed by atoms with van der Waals surface area (Å²) in [6, 6.07) is 3.36. The average Bonchev–Trinajstić information content (AvgIpc) is 2.59. The first kappa shape index (κ1) is 17.4. The molecule has 6 heteroatoms. The number of rotatable bonds is 7. The number of anilines is 1. The number of pyridine rings is 1. The number of hydrogen-bond donors (Lipinski definition) is 0. The third kappa shape index (κ3) is 4.51. The summed E-state index contributed by atoms with van der Waals surface area (Å²) >= 11 is 0. The molecule has 0 saturated carbocycles. The van der Waals surface area contributed by atoms with Gasteiger partial charge in [-0.15, -0.1) is 0 Å². The fourth-order valence-corrected chi connectivity index (χ4v) is 2.62. The van der Waals surface area contributed by atoms with Crippen molar-refractivity contribution in [1.29, 1.82) is 0 Å². The topological polar surface area (TPSA) is 68.7 Å². The lowest BCUT2D eigenvalue weighted by atomic mass is 10.1. The molecule has 1 aliphatic heterocycles. The summed E-state index contributed by atoms with van der Waals surface area (Å²) in [4.78, 5) is 29.9. The van der Waals surface area contributed by atoms with Gasteiger partial charge in [0.05, 0.1) is 18.5 Å². The largest absolute Gasteiger partial charge is 0.464 e. The van der Waals surface area contributed by atoms with Crippen LogP contribution < -0.4 is 4.90 Å². The number of ether oxygens (including phenoxy) is 2. The number of fused-ring (bicyclic) bond motifs is 1. The summed E-state index contributed by atoms with van der Waals surface area (Å²) in [6.45, 7) is 3.48. The second-order valence-electron chi connectivity index (χ2n) is 5.56. The number of aryl methyl sites for hydroxylation is 1. The molecule has 126 valence electrons. The fourth-order valence-electron chi connectivity index (χ4n) is 2.62. The van der Waals surface area contributed by atoms with Gasteiger partial charge >= 0.3 is 5.97 Å². The highest BCUT2D eigenvalue weighted by Gasteiger charge is 2.24. The van der Waals surface area contributed by atoms with Crippen molar-refractivity contribution in [3.8, 4) is 0 Å². The molecule has 0 saturated heterocycles. The zero-order valence-electron chi connectivity index (χ0n) is 13.8. The van der Waals surface area contributed by atoms with E-state index in [0.717, 1.165) is 43.5 Å². The molecule has 1 aromatic rings. The first-order valence-corrected chi connectivity index (χ1v) is 8.13. The number of amides is 1. The summed E-state index contributed by atoms with van der Waals surface area (Å²) < 4.78 is 10.1. The first-order valence-electron chi connectivity index (χ1n) is 8.13. The highest BCUT2D eigenvalue weighted by atomic mass is 16.5. The molecule has 0 fully saturated rings. The van der Waals surface area contributed by atoms with Gasteiger partial charge in [-0.05, 0) is 31.4 Å². The monoisotopic (exact) mass is 320 g/mol. The number of aromatic nitrogens is 1. The van der Waals surface area contributed by atoms with Crippen molar-refractivity contribution < 1.29 is 19.1 Å². The highest BCUT2D eigenvalue weighted by Crippen LogP contribution is 2.26. The van der Waals surface area contributed by atoms with E-state index in [1.165, 1.54) is 7.11 Å². The lowest BCUT2D eigenvalue weighted by Crippen LogP contribution is -2.38. The lowest BCUT2D eigenvalue weighted by molar-refractivity contribution is -0.123. The predicted octanol–water partition coefficient (Wildman–Crippen LogP) is 2.35. The van der Waals surface area contributed by atoms with E-state index < -0.39 is 5.97 Å². The second kappa shape index (κ2) is 8.62. The van der Waals surface area contributed by atoms with Crippen molar-refractivity contribution in [2.75, 3.05) is 31.8 Å². The van der Waals surface area contributed by atoms with Crippen molar-refractivity contribution in [3.05, 3.63) is 23.5 Å². The van der Waals surface area contributed by atoms with Crippen molar-refractivity contribution in [2.45, 2.75) is 39.0 Å². The lowest BCUT2D eigenvalue weighted by Gasteiger charge is -2.28. The molecule has 0 unspecified atom stereocenters. The Morgan fingerprint density at radius 3 is 2.87 bits per heavy atom. The van der Waals surface area contributed by atoms with E-state index >= 15 is 0 Å². The van der Waals surface area contributed by atoms with Crippen molar-refractivity contribution in [3.63, 3.8) is 0 Å². The van der Waals surface area contributed by atoms with Crippen LogP contribution in [0.1, 0.15) is 48.8 Å². The molecule has 23 heavy (non-hydrogen) atoms. The van der Waals surface area contributed by atoms with Crippen LogP contribution in [0.15, 0.2) is 12.1 Å². The summed E-state index contributed by atoms with van der Waals surface area (Å²) in [7, 11) is 1.33. The number of methoxy groups -OCH3 is 1. The highest BCUT2D eigenvalue weighted by molar-refractivity contribution is 5.96. The van der Waals surface area contributed by atoms with Gasteiger partial charge in [0.1, 0.15) is 12.3 Å². The van der Waals surface area contributed by atoms with Gasteiger partial charge in [0.15, 0.2) is 0 Å². The third-order valence-electron chi connectivity index (χ3n) is 3.85. The number of carbonyl (C=O) groups excluding carboxylic acids is 2. The van der Waals surface area contributed by atoms with Gasteiger partial charge in [0, 0.05) is 13.2 Å². The number of hydrogen-bond acceptors (Lipinski definition) is 5. The Morgan fingerprint density at radius 1 is 1.30 bits per heavy atom. The van der Waals surface area contributed by atoms with E-state index in [-0.39, 0.29) is 18.2 Å². The second-order valence-corrected chi connectivity index (χ2v) is 5.56. The zero-order valence-corrected chi connectivity index (χ0v) is 13.8. The smallest absolute Gasteiger partial charge is 0.356 e. The molecule has 0 N–H and O–H groups in total. The van der Waals surface area contributed by atoms with Crippen molar-refractivity contribution >= 4 is 17.6 Å². The maximum absolute atomic E-state index is 12.4. The number of unbranched alkanes of at least 4 members (excludes halogenated alkanes) is 2. The third-order valence-corrected chi connectivity index (χ3v) is 3.85. The van der Waals surface area contributed by atoms with Crippen LogP contribution in [-0.2, 0) is 20.7 Å². The standard InChI is InChI=1S/C17H24N2O4/c1-3-4-5-11-23-12-16(20)19-10-6-7-13-15(19)9-8-14(18-13)17(21)22-2/h8-9H,3-7,10-12H2,1-2H3. The molecule has 2 heterocycles. The Bertz CT molecular complexity index is 560. The van der Waals surface area contributed by atoms with E-state index in [2.05, 4.69) is 16.6 Å². The average molecular weight is 320 g/mol. The SMILES string of the molecule is CCCCCOCC(=O)N1CCCc2nc(C(=O)OC)ccc21. The number of carbonyl (C=O) groups is 2. The Balaban J connectivity index is 2.00. The summed E-state index contributed by atoms with van der Waals surface area (Å²) in [6.07, 6.45) is 4.80. The molecular weight excluding hydrogens is 296 g/mol. The molecule has 1 amide bonds. The van der Waals surface area contributed by atoms with E-state index in [9.17, 15) is 9.59 Å². The van der Waals surface area contributed by atoms with Crippen LogP contribution in [-0.4, -0.2) is 43.7 Å². The minimum absolute atomic E-state index is 0.0601. The molecule has 0 atom stereocenters. The van der Waals surface area contributed by atoms with E-state index in [1.54, 1.807) is 17.0 Å². The number of nitrogens with zero attached hydrogens (tertiary/aromatic N) is 2. The first-order chi connectivity index (χ1) is 11.2. The van der Waals surface area contributed by atoms with Crippen LogP contribution in [0.3, 0.4) is 0 Å². The van der Waals surface area contributed by atoms with Crippen LogP contribution >= 0.6 is 0 Å². The quantitative estimate of drug-likeness (QED) is 0.570. The molecule has 0 spiro atoms. The van der Waals surface area contributed by atoms with Crippen LogP contribution in [0.2, 0.25) is 0 Å². The van der Waals surface area contributed by atoms with Crippen LogP contribution in [0.4, 0.5) is 5.69 Å². The van der Waals surface area contributed by atoms with Crippen LogP contribution in [0.5, 0.6) is 0 Å². The molecule has 2 rings (SSSR count). The van der Waals surface area contributed by atoms with Gasteiger partial charge in [-0.1, -0.05) is 19.8 Å². The van der Waals surface area contributed by atoms with Gasteiger partial charge in [-0.2, -0.15) is 0 Å². The van der Waals surface area contributed by atoms with Crippen molar-refractivity contribution in [2.24, 2.45) is 0 Å². The summed E-state index contributed by atoms with van der Waals surface area (Å²) in [5, 5.41) is 0. The fraction of sp³-hybridized carbons (Fsp3) is 0.588. The van der Waals surface area contributed by atoms with Crippen LogP contribution in [0.25, 0.3) is 0 Å². The molecule has 0 bridgehead atoms. The normalized spacial score (nSPS) is 13.6. The van der Waals surface area contributed by atoms with Gasteiger partial charge in [0.25, 0.3) is 5.91 Å². The van der Waals surface area contributed by atoms with Crippen LogP contribution in [0, 0.1) is 0 Å². The molecular formula is C17H24N2O4. The van der Waals surface area contributed by atoms with E-state index in [4.69, 9.17) is 4.74 Å². The minimum atomic E-state index is -0.462. The maximum Gasteiger partial charge on any atom is 0.356 e. The van der Waals surface area contributed by atoms with Gasteiger partial charge in [-0.25, -0.2) is 9.78 Å². The van der Waals surface area contributed by atoms with Gasteiger partial charge < -0.3 is 14.4 Å². The summed E-state index contributed by atoms with van der Waals surface area (Å²) in [5.41, 5.74) is 1.81. The minimum Gasteiger partial charge on any atom is -0.464 e. The van der Waals surface area contributed by atoms with E-state index in [1.807, 2.05) is 0 Å². The Morgan fingerprint density at radius 2 is 2.13 bits per heavy atom. The van der Waals surface area contributed by atoms with E-state index in [0.29, 0.717) is 13.2 Å². The Kier molecular flexibility index (Phi) is 6.52. The molecule has 1 aliphatic rings. The number of esters is 1.